The molecule has 134 valence electrons. The van der Waals surface area contributed by atoms with Crippen LogP contribution in [-0.4, -0.2) is 20.4 Å². The highest BCUT2D eigenvalue weighted by atomic mass is 35.5. The average molecular weight is 387 g/mol. The first-order valence-corrected chi connectivity index (χ1v) is 9.30. The third-order valence-electron chi connectivity index (χ3n) is 3.56. The number of halogens is 2. The third kappa shape index (κ3) is 5.50. The van der Waals surface area contributed by atoms with E-state index in [1.807, 2.05) is 0 Å². The number of sulfonamides is 1. The van der Waals surface area contributed by atoms with Gasteiger partial charge in [0.1, 0.15) is 12.4 Å². The minimum absolute atomic E-state index is 0.0352. The van der Waals surface area contributed by atoms with Crippen LogP contribution in [0.5, 0.6) is 0 Å². The maximum absolute atomic E-state index is 13.0. The Morgan fingerprint density at radius 2 is 1.92 bits per heavy atom. The molecule has 0 saturated heterocycles. The zero-order valence-corrected chi connectivity index (χ0v) is 14.9. The number of carbonyl (C=O) groups is 1. The standard InChI is InChI=1S/C16H17ClFN3O3S/c1-10(16(22)21-15-7-4-12(18)8-14(15)17)20-9-11-2-5-13(6-3-11)25(19,23)24/h2-8,10,20H,9H2,1H3,(H,21,22)(H2,19,23,24)/p+1/t10-/m1/s1. The van der Waals surface area contributed by atoms with Crippen LogP contribution in [0.25, 0.3) is 0 Å². The first-order valence-electron chi connectivity index (χ1n) is 7.38. The number of primary sulfonamides is 1. The van der Waals surface area contributed by atoms with Crippen molar-refractivity contribution in [3.05, 3.63) is 58.9 Å². The lowest BCUT2D eigenvalue weighted by molar-refractivity contribution is -0.688. The van der Waals surface area contributed by atoms with Gasteiger partial charge >= 0.3 is 0 Å². The molecule has 0 fully saturated rings. The van der Waals surface area contributed by atoms with Crippen molar-refractivity contribution in [2.24, 2.45) is 5.14 Å². The van der Waals surface area contributed by atoms with Gasteiger partial charge in [-0.25, -0.2) is 17.9 Å². The Kier molecular flexibility index (Phi) is 6.12. The third-order valence-corrected chi connectivity index (χ3v) is 4.80. The molecule has 0 aliphatic carbocycles. The Labute approximate surface area is 150 Å². The monoisotopic (exact) mass is 386 g/mol. The van der Waals surface area contributed by atoms with E-state index in [1.54, 1.807) is 24.4 Å². The van der Waals surface area contributed by atoms with Crippen LogP contribution in [0, 0.1) is 5.82 Å². The number of nitrogens with one attached hydrogen (secondary N) is 1. The first-order chi connectivity index (χ1) is 11.7. The SMILES string of the molecule is C[C@@H]([NH2+]Cc1ccc(S(N)(=O)=O)cc1)C(=O)Nc1ccc(F)cc1Cl. The quantitative estimate of drug-likeness (QED) is 0.694. The molecule has 0 aromatic heterocycles. The number of hydrogen-bond donors (Lipinski definition) is 3. The highest BCUT2D eigenvalue weighted by Gasteiger charge is 2.17. The van der Waals surface area contributed by atoms with Gasteiger partial charge in [0.25, 0.3) is 5.91 Å². The van der Waals surface area contributed by atoms with E-state index in [2.05, 4.69) is 5.32 Å². The van der Waals surface area contributed by atoms with Gasteiger partial charge in [0.2, 0.25) is 10.0 Å². The Morgan fingerprint density at radius 1 is 1.28 bits per heavy atom. The van der Waals surface area contributed by atoms with Crippen LogP contribution in [0.3, 0.4) is 0 Å². The van der Waals surface area contributed by atoms with Crippen molar-refractivity contribution >= 4 is 33.2 Å². The van der Waals surface area contributed by atoms with Gasteiger partial charge in [-0.05, 0) is 37.3 Å². The van der Waals surface area contributed by atoms with Crippen molar-refractivity contribution in [2.45, 2.75) is 24.4 Å². The van der Waals surface area contributed by atoms with Gasteiger partial charge in [-0.1, -0.05) is 23.7 Å². The molecule has 0 radical (unpaired) electrons. The van der Waals surface area contributed by atoms with Crippen LogP contribution in [0.4, 0.5) is 10.1 Å². The van der Waals surface area contributed by atoms with Crippen LogP contribution < -0.4 is 15.8 Å². The number of carbonyl (C=O) groups excluding carboxylic acids is 1. The van der Waals surface area contributed by atoms with Crippen molar-refractivity contribution in [1.82, 2.24) is 0 Å². The highest BCUT2D eigenvalue weighted by Crippen LogP contribution is 2.22. The second-order valence-electron chi connectivity index (χ2n) is 5.53. The fourth-order valence-electron chi connectivity index (χ4n) is 2.07. The minimum atomic E-state index is -3.72. The maximum atomic E-state index is 13.0. The summed E-state index contributed by atoms with van der Waals surface area (Å²) in [6.45, 7) is 2.18. The zero-order chi connectivity index (χ0) is 18.6. The lowest BCUT2D eigenvalue weighted by Crippen LogP contribution is -2.90. The number of nitrogens with two attached hydrogens (primary N) is 2. The molecule has 2 aromatic carbocycles. The van der Waals surface area contributed by atoms with Crippen LogP contribution >= 0.6 is 11.6 Å². The molecule has 6 nitrogen and oxygen atoms in total. The Morgan fingerprint density at radius 3 is 2.48 bits per heavy atom. The van der Waals surface area contributed by atoms with E-state index in [0.717, 1.165) is 11.6 Å². The zero-order valence-electron chi connectivity index (χ0n) is 13.4. The summed E-state index contributed by atoms with van der Waals surface area (Å²) in [5, 5.41) is 9.58. The van der Waals surface area contributed by atoms with E-state index in [4.69, 9.17) is 16.7 Å². The van der Waals surface area contributed by atoms with Gasteiger partial charge < -0.3 is 10.6 Å². The Hall–Kier alpha value is -2.00. The summed E-state index contributed by atoms with van der Waals surface area (Å²) in [6, 6.07) is 9.41. The van der Waals surface area contributed by atoms with Crippen molar-refractivity contribution in [3.63, 3.8) is 0 Å². The van der Waals surface area contributed by atoms with Crippen molar-refractivity contribution in [3.8, 4) is 0 Å². The summed E-state index contributed by atoms with van der Waals surface area (Å²) in [5.74, 6) is -0.764. The molecule has 2 aromatic rings. The topological polar surface area (TPSA) is 106 Å². The molecule has 0 unspecified atom stereocenters. The molecule has 0 bridgehead atoms. The van der Waals surface area contributed by atoms with Gasteiger partial charge in [0.05, 0.1) is 15.6 Å². The summed E-state index contributed by atoms with van der Waals surface area (Å²) < 4.78 is 35.4. The maximum Gasteiger partial charge on any atom is 0.282 e. The van der Waals surface area contributed by atoms with Crippen molar-refractivity contribution < 1.29 is 22.9 Å². The van der Waals surface area contributed by atoms with Gasteiger partial charge in [-0.3, -0.25) is 4.79 Å². The predicted octanol–water partition coefficient (Wildman–Crippen LogP) is 1.22. The van der Waals surface area contributed by atoms with Gasteiger partial charge in [0, 0.05) is 5.56 Å². The molecular formula is C16H18ClFN3O3S+. The predicted molar refractivity (Wildman–Crippen MR) is 92.9 cm³/mol. The van der Waals surface area contributed by atoms with Gasteiger partial charge in [-0.2, -0.15) is 0 Å². The van der Waals surface area contributed by atoms with E-state index in [9.17, 15) is 17.6 Å². The second kappa shape index (κ2) is 7.92. The molecule has 0 saturated carbocycles. The molecule has 25 heavy (non-hydrogen) atoms. The van der Waals surface area contributed by atoms with Crippen LogP contribution in [0.1, 0.15) is 12.5 Å². The van der Waals surface area contributed by atoms with Crippen molar-refractivity contribution in [1.29, 1.82) is 0 Å². The molecule has 0 spiro atoms. The fraction of sp³-hybridized carbons (Fsp3) is 0.188. The Bertz CT molecular complexity index is 873. The summed E-state index contributed by atoms with van der Waals surface area (Å²) in [6.07, 6.45) is 0. The minimum Gasteiger partial charge on any atom is -0.333 e. The number of anilines is 1. The lowest BCUT2D eigenvalue weighted by Gasteiger charge is -2.12. The Balaban J connectivity index is 1.93. The van der Waals surface area contributed by atoms with E-state index >= 15 is 0 Å². The number of amides is 1. The van der Waals surface area contributed by atoms with E-state index in [-0.39, 0.29) is 15.8 Å². The molecule has 5 N–H and O–H groups in total. The van der Waals surface area contributed by atoms with E-state index < -0.39 is 21.9 Å². The number of quaternary nitrogens is 1. The molecule has 0 heterocycles. The lowest BCUT2D eigenvalue weighted by atomic mass is 10.2. The van der Waals surface area contributed by atoms with Crippen LogP contribution in [-0.2, 0) is 21.4 Å². The molecular weight excluding hydrogens is 369 g/mol. The largest absolute Gasteiger partial charge is 0.333 e. The highest BCUT2D eigenvalue weighted by molar-refractivity contribution is 7.89. The number of hydrogen-bond acceptors (Lipinski definition) is 3. The fourth-order valence-corrected chi connectivity index (χ4v) is 2.80. The molecule has 2 rings (SSSR count). The van der Waals surface area contributed by atoms with Crippen molar-refractivity contribution in [2.75, 3.05) is 5.32 Å². The van der Waals surface area contributed by atoms with Gasteiger partial charge in [0.15, 0.2) is 6.04 Å². The van der Waals surface area contributed by atoms with E-state index in [1.165, 1.54) is 24.3 Å². The van der Waals surface area contributed by atoms with Crippen LogP contribution in [0.15, 0.2) is 47.4 Å². The average Bonchev–Trinajstić information content (AvgIpc) is 2.54. The van der Waals surface area contributed by atoms with Crippen LogP contribution in [0.2, 0.25) is 5.02 Å². The summed E-state index contributed by atoms with van der Waals surface area (Å²) in [7, 11) is -3.72. The second-order valence-corrected chi connectivity index (χ2v) is 7.50. The molecule has 0 aliphatic rings. The molecule has 1 atom stereocenters. The van der Waals surface area contributed by atoms with E-state index in [0.29, 0.717) is 12.2 Å². The molecule has 9 heteroatoms. The smallest absolute Gasteiger partial charge is 0.282 e. The summed E-state index contributed by atoms with van der Waals surface area (Å²) in [5.41, 5.74) is 1.18. The molecule has 1 amide bonds. The number of rotatable bonds is 6. The summed E-state index contributed by atoms with van der Waals surface area (Å²) >= 11 is 5.88. The normalized spacial score (nSPS) is 12.6. The first kappa shape index (κ1) is 19.3. The molecule has 0 aliphatic heterocycles. The van der Waals surface area contributed by atoms with Gasteiger partial charge in [-0.15, -0.1) is 0 Å². The number of benzene rings is 2. The summed E-state index contributed by atoms with van der Waals surface area (Å²) in [4.78, 5) is 12.2.